The van der Waals surface area contributed by atoms with Crippen molar-refractivity contribution in [1.29, 1.82) is 0 Å². The minimum Gasteiger partial charge on any atom is -0.386 e. The van der Waals surface area contributed by atoms with Crippen LogP contribution in [0.15, 0.2) is 36.4 Å². The van der Waals surface area contributed by atoms with E-state index in [0.29, 0.717) is 6.42 Å². The third kappa shape index (κ3) is 1.86. The molecule has 0 saturated carbocycles. The number of aliphatic hydroxyl groups is 1. The summed E-state index contributed by atoms with van der Waals surface area (Å²) in [5.74, 6) is 0. The maximum absolute atomic E-state index is 10.1. The number of benzene rings is 1. The van der Waals surface area contributed by atoms with Gasteiger partial charge in [-0.2, -0.15) is 5.10 Å². The molecule has 0 amide bonds. The van der Waals surface area contributed by atoms with E-state index in [4.69, 9.17) is 0 Å². The fraction of sp³-hybridized carbons (Fsp3) is 0.308. The molecule has 16 heavy (non-hydrogen) atoms. The molecule has 0 saturated heterocycles. The molecule has 0 radical (unpaired) electrons. The Balaban J connectivity index is 2.48. The van der Waals surface area contributed by atoms with Gasteiger partial charge in [0.15, 0.2) is 0 Å². The van der Waals surface area contributed by atoms with E-state index in [1.54, 1.807) is 4.68 Å². The zero-order valence-electron chi connectivity index (χ0n) is 9.64. The molecule has 1 aromatic carbocycles. The summed E-state index contributed by atoms with van der Waals surface area (Å²) in [7, 11) is 1.89. The number of hydrogen-bond donors (Lipinski definition) is 1. The highest BCUT2D eigenvalue weighted by molar-refractivity contribution is 5.82. The van der Waals surface area contributed by atoms with Crippen LogP contribution < -0.4 is 0 Å². The van der Waals surface area contributed by atoms with Crippen molar-refractivity contribution in [3.8, 4) is 0 Å². The third-order valence-corrected chi connectivity index (χ3v) is 2.64. The lowest BCUT2D eigenvalue weighted by Gasteiger charge is -2.07. The predicted molar refractivity (Wildman–Crippen MR) is 65.1 cm³/mol. The number of aromatic nitrogens is 2. The monoisotopic (exact) mass is 216 g/mol. The van der Waals surface area contributed by atoms with Crippen molar-refractivity contribution in [3.63, 3.8) is 0 Å². The average molecular weight is 216 g/mol. The first-order valence-corrected chi connectivity index (χ1v) is 5.33. The van der Waals surface area contributed by atoms with E-state index < -0.39 is 6.10 Å². The second kappa shape index (κ2) is 4.10. The molecule has 84 valence electrons. The van der Waals surface area contributed by atoms with Crippen LogP contribution in [-0.4, -0.2) is 14.9 Å². The molecule has 0 spiro atoms. The van der Waals surface area contributed by atoms with E-state index in [1.165, 1.54) is 0 Å². The van der Waals surface area contributed by atoms with Crippen LogP contribution in [0.4, 0.5) is 0 Å². The van der Waals surface area contributed by atoms with Crippen LogP contribution in [0.2, 0.25) is 0 Å². The Bertz CT molecular complexity index is 528. The lowest BCUT2D eigenvalue weighted by molar-refractivity contribution is 0.174. The summed E-state index contributed by atoms with van der Waals surface area (Å²) in [5.41, 5.74) is 2.74. The smallest absolute Gasteiger partial charge is 0.102 e. The summed E-state index contributed by atoms with van der Waals surface area (Å²) >= 11 is 0. The van der Waals surface area contributed by atoms with Gasteiger partial charge < -0.3 is 5.11 Å². The fourth-order valence-electron chi connectivity index (χ4n) is 1.91. The van der Waals surface area contributed by atoms with E-state index in [9.17, 15) is 5.11 Å². The molecule has 0 aliphatic rings. The lowest BCUT2D eigenvalue weighted by Crippen LogP contribution is -2.00. The molecular weight excluding hydrogens is 200 g/mol. The number of para-hydroxylation sites is 1. The van der Waals surface area contributed by atoms with E-state index in [0.717, 1.165) is 22.2 Å². The normalized spacial score (nSPS) is 12.9. The maximum atomic E-state index is 10.1. The molecule has 1 atom stereocenters. The highest BCUT2D eigenvalue weighted by atomic mass is 16.3. The number of hydrogen-bond acceptors (Lipinski definition) is 2. The minimum absolute atomic E-state index is 0.557. The van der Waals surface area contributed by atoms with Gasteiger partial charge >= 0.3 is 0 Å². The van der Waals surface area contributed by atoms with Gasteiger partial charge in [0, 0.05) is 12.4 Å². The number of rotatable bonds is 3. The highest BCUT2D eigenvalue weighted by Gasteiger charge is 2.16. The first-order valence-electron chi connectivity index (χ1n) is 5.33. The third-order valence-electron chi connectivity index (χ3n) is 2.64. The van der Waals surface area contributed by atoms with E-state index in [1.807, 2.05) is 38.2 Å². The van der Waals surface area contributed by atoms with Gasteiger partial charge in [0.05, 0.1) is 11.2 Å². The molecule has 0 aliphatic heterocycles. The van der Waals surface area contributed by atoms with Gasteiger partial charge in [-0.05, 0) is 19.4 Å². The van der Waals surface area contributed by atoms with Crippen molar-refractivity contribution in [2.75, 3.05) is 0 Å². The van der Waals surface area contributed by atoms with Gasteiger partial charge in [-0.25, -0.2) is 0 Å². The van der Waals surface area contributed by atoms with Crippen LogP contribution in [0.3, 0.4) is 0 Å². The molecule has 0 bridgehead atoms. The zero-order valence-corrected chi connectivity index (χ0v) is 9.64. The molecule has 1 N–H and O–H groups in total. The average Bonchev–Trinajstić information content (AvgIpc) is 2.56. The van der Waals surface area contributed by atoms with E-state index in [2.05, 4.69) is 11.7 Å². The Morgan fingerprint density at radius 1 is 1.50 bits per heavy atom. The molecule has 1 aromatic heterocycles. The fourth-order valence-corrected chi connectivity index (χ4v) is 1.91. The summed E-state index contributed by atoms with van der Waals surface area (Å²) in [4.78, 5) is 0. The Hall–Kier alpha value is -1.61. The first-order chi connectivity index (χ1) is 7.59. The molecule has 1 heterocycles. The standard InChI is InChI=1S/C13H16N2O/c1-9(2)8-12(16)13-10-6-4-5-7-11(10)15(3)14-13/h4-7,12,16H,1,8H2,2-3H3. The minimum atomic E-state index is -0.566. The number of aliphatic hydroxyl groups excluding tert-OH is 1. The quantitative estimate of drug-likeness (QED) is 0.801. The predicted octanol–water partition coefficient (Wildman–Crippen LogP) is 2.57. The first kappa shape index (κ1) is 10.9. The largest absolute Gasteiger partial charge is 0.386 e. The Labute approximate surface area is 95.0 Å². The SMILES string of the molecule is C=C(C)CC(O)c1nn(C)c2ccccc12. The van der Waals surface area contributed by atoms with Crippen LogP contribution >= 0.6 is 0 Å². The van der Waals surface area contributed by atoms with Crippen LogP contribution in [-0.2, 0) is 7.05 Å². The summed E-state index contributed by atoms with van der Waals surface area (Å²) in [6.07, 6.45) is -0.00956. The van der Waals surface area contributed by atoms with Crippen LogP contribution in [0.1, 0.15) is 25.1 Å². The molecule has 0 fully saturated rings. The van der Waals surface area contributed by atoms with Gasteiger partial charge in [0.1, 0.15) is 6.10 Å². The van der Waals surface area contributed by atoms with Crippen molar-refractivity contribution >= 4 is 10.9 Å². The van der Waals surface area contributed by atoms with Crippen molar-refractivity contribution in [1.82, 2.24) is 9.78 Å². The lowest BCUT2D eigenvalue weighted by atomic mass is 10.1. The molecular formula is C13H16N2O. The van der Waals surface area contributed by atoms with Crippen LogP contribution in [0.5, 0.6) is 0 Å². The van der Waals surface area contributed by atoms with Crippen LogP contribution in [0.25, 0.3) is 10.9 Å². The van der Waals surface area contributed by atoms with Crippen molar-refractivity contribution < 1.29 is 5.11 Å². The van der Waals surface area contributed by atoms with Gasteiger partial charge in [-0.1, -0.05) is 23.8 Å². The number of aryl methyl sites for hydroxylation is 1. The molecule has 2 rings (SSSR count). The number of nitrogens with zero attached hydrogens (tertiary/aromatic N) is 2. The maximum Gasteiger partial charge on any atom is 0.102 e. The topological polar surface area (TPSA) is 38.1 Å². The van der Waals surface area contributed by atoms with E-state index >= 15 is 0 Å². The summed E-state index contributed by atoms with van der Waals surface area (Å²) in [5, 5.41) is 15.4. The Kier molecular flexibility index (Phi) is 2.79. The Morgan fingerprint density at radius 3 is 2.88 bits per heavy atom. The number of fused-ring (bicyclic) bond motifs is 1. The molecule has 3 heteroatoms. The van der Waals surface area contributed by atoms with Crippen molar-refractivity contribution in [2.24, 2.45) is 7.05 Å². The summed E-state index contributed by atoms with van der Waals surface area (Å²) < 4.78 is 1.80. The molecule has 0 aliphatic carbocycles. The van der Waals surface area contributed by atoms with Crippen molar-refractivity contribution in [3.05, 3.63) is 42.1 Å². The van der Waals surface area contributed by atoms with Gasteiger partial charge in [0.2, 0.25) is 0 Å². The zero-order chi connectivity index (χ0) is 11.7. The second-order valence-corrected chi connectivity index (χ2v) is 4.20. The van der Waals surface area contributed by atoms with Crippen LogP contribution in [0, 0.1) is 0 Å². The van der Waals surface area contributed by atoms with Crippen molar-refractivity contribution in [2.45, 2.75) is 19.4 Å². The Morgan fingerprint density at radius 2 is 2.19 bits per heavy atom. The van der Waals surface area contributed by atoms with Gasteiger partial charge in [0.25, 0.3) is 0 Å². The summed E-state index contributed by atoms with van der Waals surface area (Å²) in [6.45, 7) is 5.72. The van der Waals surface area contributed by atoms with Gasteiger partial charge in [-0.15, -0.1) is 6.58 Å². The molecule has 2 aromatic rings. The second-order valence-electron chi connectivity index (χ2n) is 4.20. The molecule has 3 nitrogen and oxygen atoms in total. The molecule has 1 unspecified atom stereocenters. The summed E-state index contributed by atoms with van der Waals surface area (Å²) in [6, 6.07) is 7.92. The van der Waals surface area contributed by atoms with E-state index in [-0.39, 0.29) is 0 Å². The highest BCUT2D eigenvalue weighted by Crippen LogP contribution is 2.26. The van der Waals surface area contributed by atoms with Gasteiger partial charge in [-0.3, -0.25) is 4.68 Å².